The van der Waals surface area contributed by atoms with Crippen molar-refractivity contribution in [1.29, 1.82) is 0 Å². The minimum absolute atomic E-state index is 0.134. The fourth-order valence-corrected chi connectivity index (χ4v) is 1.64. The SMILES string of the molecule is O=C(Nc1cccc(C(=O)O)n1)Nc1ccccc1Cl. The lowest BCUT2D eigenvalue weighted by Crippen LogP contribution is -2.20. The fourth-order valence-electron chi connectivity index (χ4n) is 1.46. The Morgan fingerprint density at radius 2 is 1.80 bits per heavy atom. The Kier molecular flexibility index (Phi) is 4.17. The molecule has 0 radical (unpaired) electrons. The van der Waals surface area contributed by atoms with E-state index in [0.717, 1.165) is 0 Å². The van der Waals surface area contributed by atoms with Gasteiger partial charge in [-0.3, -0.25) is 5.32 Å². The largest absolute Gasteiger partial charge is 0.477 e. The van der Waals surface area contributed by atoms with E-state index in [1.54, 1.807) is 24.3 Å². The number of para-hydroxylation sites is 1. The number of benzene rings is 1. The second-order valence-corrected chi connectivity index (χ2v) is 4.18. The number of carbonyl (C=O) groups excluding carboxylic acids is 1. The molecule has 1 aromatic heterocycles. The first kappa shape index (κ1) is 13.8. The van der Waals surface area contributed by atoms with E-state index in [2.05, 4.69) is 15.6 Å². The summed E-state index contributed by atoms with van der Waals surface area (Å²) < 4.78 is 0. The van der Waals surface area contributed by atoms with Crippen LogP contribution < -0.4 is 10.6 Å². The molecule has 0 bridgehead atoms. The van der Waals surface area contributed by atoms with Crippen LogP contribution in [0.15, 0.2) is 42.5 Å². The number of aromatic nitrogens is 1. The van der Waals surface area contributed by atoms with E-state index in [1.807, 2.05) is 0 Å². The third kappa shape index (κ3) is 3.46. The van der Waals surface area contributed by atoms with Gasteiger partial charge in [-0.05, 0) is 24.3 Å². The monoisotopic (exact) mass is 291 g/mol. The van der Waals surface area contributed by atoms with E-state index in [-0.39, 0.29) is 11.5 Å². The van der Waals surface area contributed by atoms with Gasteiger partial charge in [0.05, 0.1) is 10.7 Å². The van der Waals surface area contributed by atoms with Crippen molar-refractivity contribution in [1.82, 2.24) is 4.98 Å². The van der Waals surface area contributed by atoms with Crippen molar-refractivity contribution in [3.63, 3.8) is 0 Å². The number of carbonyl (C=O) groups is 2. The molecule has 1 aromatic carbocycles. The highest BCUT2D eigenvalue weighted by atomic mass is 35.5. The molecule has 0 spiro atoms. The number of amides is 2. The Bertz CT molecular complexity index is 661. The van der Waals surface area contributed by atoms with Crippen LogP contribution in [-0.2, 0) is 0 Å². The lowest BCUT2D eigenvalue weighted by atomic mass is 10.3. The smallest absolute Gasteiger partial charge is 0.354 e. The van der Waals surface area contributed by atoms with Gasteiger partial charge < -0.3 is 10.4 Å². The Morgan fingerprint density at radius 1 is 1.05 bits per heavy atom. The number of carboxylic acid groups (broad SMARTS) is 1. The summed E-state index contributed by atoms with van der Waals surface area (Å²) in [6.45, 7) is 0. The van der Waals surface area contributed by atoms with Gasteiger partial charge in [0.1, 0.15) is 5.82 Å². The van der Waals surface area contributed by atoms with Gasteiger partial charge >= 0.3 is 12.0 Å². The summed E-state index contributed by atoms with van der Waals surface area (Å²) in [4.78, 5) is 26.3. The molecule has 0 saturated heterocycles. The average Bonchev–Trinajstić information content (AvgIpc) is 2.41. The number of rotatable bonds is 3. The Hall–Kier alpha value is -2.60. The third-order valence-corrected chi connectivity index (χ3v) is 2.66. The molecule has 7 heteroatoms. The lowest BCUT2D eigenvalue weighted by Gasteiger charge is -2.08. The molecule has 0 aliphatic heterocycles. The van der Waals surface area contributed by atoms with Crippen molar-refractivity contribution in [3.05, 3.63) is 53.2 Å². The molecular formula is C13H10ClN3O3. The highest BCUT2D eigenvalue weighted by Crippen LogP contribution is 2.20. The van der Waals surface area contributed by atoms with Crippen LogP contribution >= 0.6 is 11.6 Å². The predicted molar refractivity (Wildman–Crippen MR) is 75.3 cm³/mol. The fraction of sp³-hybridized carbons (Fsp3) is 0. The van der Waals surface area contributed by atoms with E-state index in [4.69, 9.17) is 16.7 Å². The summed E-state index contributed by atoms with van der Waals surface area (Å²) in [5.74, 6) is -1.03. The van der Waals surface area contributed by atoms with Crippen molar-refractivity contribution in [3.8, 4) is 0 Å². The van der Waals surface area contributed by atoms with Gasteiger partial charge in [-0.15, -0.1) is 0 Å². The van der Waals surface area contributed by atoms with Gasteiger partial charge in [0.15, 0.2) is 5.69 Å². The number of anilines is 2. The number of urea groups is 1. The molecule has 0 unspecified atom stereocenters. The summed E-state index contributed by atoms with van der Waals surface area (Å²) >= 11 is 5.90. The maximum Gasteiger partial charge on any atom is 0.354 e. The molecule has 0 fully saturated rings. The Morgan fingerprint density at radius 3 is 2.50 bits per heavy atom. The number of hydrogen-bond donors (Lipinski definition) is 3. The van der Waals surface area contributed by atoms with Crippen LogP contribution in [-0.4, -0.2) is 22.1 Å². The quantitative estimate of drug-likeness (QED) is 0.810. The highest BCUT2D eigenvalue weighted by Gasteiger charge is 2.08. The zero-order chi connectivity index (χ0) is 14.5. The average molecular weight is 292 g/mol. The minimum atomic E-state index is -1.17. The van der Waals surface area contributed by atoms with Crippen LogP contribution in [0.3, 0.4) is 0 Å². The van der Waals surface area contributed by atoms with Gasteiger partial charge in [0, 0.05) is 0 Å². The highest BCUT2D eigenvalue weighted by molar-refractivity contribution is 6.33. The number of hydrogen-bond acceptors (Lipinski definition) is 3. The number of carboxylic acids is 1. The standard InChI is InChI=1S/C13H10ClN3O3/c14-8-4-1-2-5-9(8)16-13(20)17-11-7-3-6-10(15-11)12(18)19/h1-7H,(H,18,19)(H2,15,16,17,20). The van der Waals surface area contributed by atoms with Gasteiger partial charge in [-0.2, -0.15) is 0 Å². The summed E-state index contributed by atoms with van der Waals surface area (Å²) in [5, 5.41) is 14.2. The van der Waals surface area contributed by atoms with E-state index in [1.165, 1.54) is 18.2 Å². The molecule has 0 aliphatic rings. The maximum absolute atomic E-state index is 11.7. The van der Waals surface area contributed by atoms with Crippen molar-refractivity contribution in [2.75, 3.05) is 10.6 Å². The molecule has 2 rings (SSSR count). The Labute approximate surface area is 119 Å². The van der Waals surface area contributed by atoms with Crippen molar-refractivity contribution >= 4 is 35.1 Å². The zero-order valence-electron chi connectivity index (χ0n) is 10.1. The second kappa shape index (κ2) is 6.03. The first-order valence-corrected chi connectivity index (χ1v) is 5.97. The molecule has 6 nitrogen and oxygen atoms in total. The Balaban J connectivity index is 2.07. The van der Waals surface area contributed by atoms with Gasteiger partial charge in [0.25, 0.3) is 0 Å². The summed E-state index contributed by atoms with van der Waals surface area (Å²) in [6, 6.07) is 10.5. The molecule has 1 heterocycles. The number of pyridine rings is 1. The lowest BCUT2D eigenvalue weighted by molar-refractivity contribution is 0.0690. The summed E-state index contributed by atoms with van der Waals surface area (Å²) in [7, 11) is 0. The van der Waals surface area contributed by atoms with Crippen LogP contribution in [0, 0.1) is 0 Å². The van der Waals surface area contributed by atoms with E-state index in [0.29, 0.717) is 10.7 Å². The summed E-state index contributed by atoms with van der Waals surface area (Å²) in [5.41, 5.74) is 0.293. The van der Waals surface area contributed by atoms with E-state index >= 15 is 0 Å². The van der Waals surface area contributed by atoms with Gasteiger partial charge in [-0.25, -0.2) is 14.6 Å². The van der Waals surface area contributed by atoms with Crippen LogP contribution in [0.25, 0.3) is 0 Å². The molecule has 0 atom stereocenters. The number of nitrogens with zero attached hydrogens (tertiary/aromatic N) is 1. The number of halogens is 1. The molecule has 0 saturated carbocycles. The minimum Gasteiger partial charge on any atom is -0.477 e. The normalized spacial score (nSPS) is 9.85. The molecule has 102 valence electrons. The van der Waals surface area contributed by atoms with E-state index in [9.17, 15) is 9.59 Å². The molecule has 20 heavy (non-hydrogen) atoms. The molecule has 3 N–H and O–H groups in total. The topological polar surface area (TPSA) is 91.3 Å². The number of nitrogens with one attached hydrogen (secondary N) is 2. The first-order chi connectivity index (χ1) is 9.56. The van der Waals surface area contributed by atoms with Gasteiger partial charge in [-0.1, -0.05) is 29.8 Å². The molecule has 2 amide bonds. The predicted octanol–water partition coefficient (Wildman–Crippen LogP) is 3.08. The van der Waals surface area contributed by atoms with Gasteiger partial charge in [0.2, 0.25) is 0 Å². The summed E-state index contributed by atoms with van der Waals surface area (Å²) in [6.07, 6.45) is 0. The maximum atomic E-state index is 11.7. The molecule has 2 aromatic rings. The van der Waals surface area contributed by atoms with Crippen LogP contribution in [0.1, 0.15) is 10.5 Å². The van der Waals surface area contributed by atoms with Crippen molar-refractivity contribution in [2.24, 2.45) is 0 Å². The van der Waals surface area contributed by atoms with Crippen molar-refractivity contribution < 1.29 is 14.7 Å². The molecular weight excluding hydrogens is 282 g/mol. The second-order valence-electron chi connectivity index (χ2n) is 3.77. The molecule has 0 aliphatic carbocycles. The van der Waals surface area contributed by atoms with Crippen molar-refractivity contribution in [2.45, 2.75) is 0 Å². The first-order valence-electron chi connectivity index (χ1n) is 5.59. The van der Waals surface area contributed by atoms with Crippen LogP contribution in [0.4, 0.5) is 16.3 Å². The van der Waals surface area contributed by atoms with Crippen LogP contribution in [0.5, 0.6) is 0 Å². The van der Waals surface area contributed by atoms with E-state index < -0.39 is 12.0 Å². The zero-order valence-corrected chi connectivity index (χ0v) is 10.9. The third-order valence-electron chi connectivity index (χ3n) is 2.33. The number of aromatic carboxylic acids is 1. The van der Waals surface area contributed by atoms with Crippen LogP contribution in [0.2, 0.25) is 5.02 Å².